The highest BCUT2D eigenvalue weighted by atomic mass is 32.1. The van der Waals surface area contributed by atoms with Gasteiger partial charge in [-0.05, 0) is 43.5 Å². The second-order valence-corrected chi connectivity index (χ2v) is 8.18. The smallest absolute Gasteiger partial charge is 0.240 e. The summed E-state index contributed by atoms with van der Waals surface area (Å²) in [6.07, 6.45) is 2.96. The third-order valence-electron chi connectivity index (χ3n) is 5.54. The SMILES string of the molecule is CO[C@@H]1CN(CC(=O)Nc2nc(-c3ccc(F)cc3)cs2)CC[C@]12CCCO2. The first-order valence-electron chi connectivity index (χ1n) is 9.48. The molecule has 2 atom stereocenters. The van der Waals surface area contributed by atoms with Gasteiger partial charge in [0.25, 0.3) is 0 Å². The normalized spacial score (nSPS) is 25.3. The van der Waals surface area contributed by atoms with Gasteiger partial charge < -0.3 is 14.8 Å². The van der Waals surface area contributed by atoms with Gasteiger partial charge in [-0.15, -0.1) is 11.3 Å². The Morgan fingerprint density at radius 2 is 2.25 bits per heavy atom. The number of nitrogens with one attached hydrogen (secondary N) is 1. The van der Waals surface area contributed by atoms with E-state index in [2.05, 4.69) is 15.2 Å². The standard InChI is InChI=1S/C20H24FN3O3S/c1-26-17-11-24(9-8-20(17)7-2-10-27-20)12-18(25)23-19-22-16(13-28-19)14-3-5-15(21)6-4-14/h3-6,13,17H,2,7-12H2,1H3,(H,22,23,25)/t17-,20-/m1/s1. The zero-order valence-corrected chi connectivity index (χ0v) is 16.6. The Hall–Kier alpha value is -1.87. The molecule has 1 amide bonds. The van der Waals surface area contributed by atoms with Crippen molar-refractivity contribution in [3.63, 3.8) is 0 Å². The number of methoxy groups -OCH3 is 1. The van der Waals surface area contributed by atoms with E-state index in [-0.39, 0.29) is 23.4 Å². The van der Waals surface area contributed by atoms with Crippen LogP contribution in [-0.2, 0) is 14.3 Å². The Kier molecular flexibility index (Phi) is 5.73. The molecule has 0 radical (unpaired) electrons. The lowest BCUT2D eigenvalue weighted by Crippen LogP contribution is -2.57. The molecule has 0 bridgehead atoms. The summed E-state index contributed by atoms with van der Waals surface area (Å²) in [4.78, 5) is 19.0. The molecule has 2 aromatic rings. The van der Waals surface area contributed by atoms with Gasteiger partial charge in [0.1, 0.15) is 5.82 Å². The van der Waals surface area contributed by atoms with Crippen molar-refractivity contribution in [3.8, 4) is 11.3 Å². The first-order valence-corrected chi connectivity index (χ1v) is 10.4. The van der Waals surface area contributed by atoms with E-state index in [4.69, 9.17) is 9.47 Å². The number of halogens is 1. The topological polar surface area (TPSA) is 63.7 Å². The molecule has 1 aromatic carbocycles. The average Bonchev–Trinajstić information content (AvgIpc) is 3.34. The molecule has 2 aliphatic heterocycles. The van der Waals surface area contributed by atoms with Gasteiger partial charge in [-0.25, -0.2) is 9.37 Å². The van der Waals surface area contributed by atoms with Gasteiger partial charge in [0.05, 0.1) is 23.9 Å². The van der Waals surface area contributed by atoms with Crippen molar-refractivity contribution in [2.24, 2.45) is 0 Å². The molecule has 1 aromatic heterocycles. The molecule has 6 nitrogen and oxygen atoms in total. The van der Waals surface area contributed by atoms with Gasteiger partial charge in [0.2, 0.25) is 5.91 Å². The Morgan fingerprint density at radius 1 is 1.43 bits per heavy atom. The van der Waals surface area contributed by atoms with Crippen LogP contribution in [0.3, 0.4) is 0 Å². The quantitative estimate of drug-likeness (QED) is 0.828. The number of nitrogens with zero attached hydrogens (tertiary/aromatic N) is 2. The van der Waals surface area contributed by atoms with Crippen molar-refractivity contribution in [3.05, 3.63) is 35.5 Å². The van der Waals surface area contributed by atoms with Crippen LogP contribution < -0.4 is 5.32 Å². The minimum Gasteiger partial charge on any atom is -0.377 e. The van der Waals surface area contributed by atoms with E-state index in [1.165, 1.54) is 23.5 Å². The molecule has 1 spiro atoms. The molecule has 0 saturated carbocycles. The molecule has 0 unspecified atom stereocenters. The molecule has 2 fully saturated rings. The van der Waals surface area contributed by atoms with Gasteiger partial charge in [0.15, 0.2) is 5.13 Å². The highest BCUT2D eigenvalue weighted by Gasteiger charge is 2.46. The average molecular weight is 405 g/mol. The number of hydrogen-bond acceptors (Lipinski definition) is 6. The second-order valence-electron chi connectivity index (χ2n) is 7.32. The fourth-order valence-electron chi connectivity index (χ4n) is 4.05. The minimum absolute atomic E-state index is 0.0125. The summed E-state index contributed by atoms with van der Waals surface area (Å²) in [5.74, 6) is -0.383. The third kappa shape index (κ3) is 4.10. The van der Waals surface area contributed by atoms with Crippen LogP contribution in [0.5, 0.6) is 0 Å². The molecule has 4 rings (SSSR count). The molecular weight excluding hydrogens is 381 g/mol. The third-order valence-corrected chi connectivity index (χ3v) is 6.30. The molecule has 3 heterocycles. The molecule has 0 aliphatic carbocycles. The van der Waals surface area contributed by atoms with E-state index < -0.39 is 0 Å². The maximum atomic E-state index is 13.1. The fraction of sp³-hybridized carbons (Fsp3) is 0.500. The maximum absolute atomic E-state index is 13.1. The first kappa shape index (κ1) is 19.4. The minimum atomic E-state index is -0.284. The molecule has 150 valence electrons. The summed E-state index contributed by atoms with van der Waals surface area (Å²) < 4.78 is 24.7. The van der Waals surface area contributed by atoms with E-state index >= 15 is 0 Å². The van der Waals surface area contributed by atoms with E-state index in [0.29, 0.717) is 18.2 Å². The lowest BCUT2D eigenvalue weighted by atomic mass is 9.86. The number of piperidine rings is 1. The van der Waals surface area contributed by atoms with Crippen LogP contribution >= 0.6 is 11.3 Å². The summed E-state index contributed by atoms with van der Waals surface area (Å²) in [6, 6.07) is 6.15. The zero-order chi connectivity index (χ0) is 19.6. The predicted molar refractivity (Wildman–Crippen MR) is 106 cm³/mol. The van der Waals surface area contributed by atoms with Crippen molar-refractivity contribution >= 4 is 22.4 Å². The van der Waals surface area contributed by atoms with Gasteiger partial charge in [-0.2, -0.15) is 0 Å². The number of carbonyl (C=O) groups excluding carboxylic acids is 1. The number of benzene rings is 1. The van der Waals surface area contributed by atoms with Crippen LogP contribution in [0.25, 0.3) is 11.3 Å². The highest BCUT2D eigenvalue weighted by molar-refractivity contribution is 7.14. The maximum Gasteiger partial charge on any atom is 0.240 e. The van der Waals surface area contributed by atoms with Crippen molar-refractivity contribution in [2.45, 2.75) is 31.0 Å². The lowest BCUT2D eigenvalue weighted by Gasteiger charge is -2.44. The van der Waals surface area contributed by atoms with E-state index in [1.807, 2.05) is 5.38 Å². The second kappa shape index (κ2) is 8.24. The predicted octanol–water partition coefficient (Wildman–Crippen LogP) is 3.16. The van der Waals surface area contributed by atoms with E-state index in [0.717, 1.165) is 43.7 Å². The number of rotatable bonds is 5. The molecule has 2 aliphatic rings. The number of amides is 1. The van der Waals surface area contributed by atoms with Crippen LogP contribution in [0.1, 0.15) is 19.3 Å². The molecule has 8 heteroatoms. The number of likely N-dealkylation sites (tertiary alicyclic amines) is 1. The largest absolute Gasteiger partial charge is 0.377 e. The monoisotopic (exact) mass is 405 g/mol. The van der Waals surface area contributed by atoms with Gasteiger partial charge in [0, 0.05) is 37.7 Å². The number of carbonyl (C=O) groups is 1. The lowest BCUT2D eigenvalue weighted by molar-refractivity contribution is -0.145. The number of anilines is 1. The Morgan fingerprint density at radius 3 is 2.96 bits per heavy atom. The number of hydrogen-bond donors (Lipinski definition) is 1. The fourth-order valence-corrected chi connectivity index (χ4v) is 4.79. The van der Waals surface area contributed by atoms with Gasteiger partial charge >= 0.3 is 0 Å². The highest BCUT2D eigenvalue weighted by Crippen LogP contribution is 2.37. The van der Waals surface area contributed by atoms with E-state index in [1.54, 1.807) is 19.2 Å². The Labute approximate surface area is 167 Å². The van der Waals surface area contributed by atoms with Crippen molar-refractivity contribution in [2.75, 3.05) is 38.7 Å². The van der Waals surface area contributed by atoms with Crippen LogP contribution in [0, 0.1) is 5.82 Å². The zero-order valence-electron chi connectivity index (χ0n) is 15.8. The van der Waals surface area contributed by atoms with Gasteiger partial charge in [-0.1, -0.05) is 0 Å². The Balaban J connectivity index is 1.33. The van der Waals surface area contributed by atoms with Gasteiger partial charge in [-0.3, -0.25) is 9.69 Å². The van der Waals surface area contributed by atoms with Crippen LogP contribution in [0.2, 0.25) is 0 Å². The molecule has 28 heavy (non-hydrogen) atoms. The van der Waals surface area contributed by atoms with Crippen LogP contribution in [-0.4, -0.2) is 60.8 Å². The van der Waals surface area contributed by atoms with E-state index in [9.17, 15) is 9.18 Å². The van der Waals surface area contributed by atoms with Crippen LogP contribution in [0.15, 0.2) is 29.6 Å². The molecule has 1 N–H and O–H groups in total. The van der Waals surface area contributed by atoms with Crippen LogP contribution in [0.4, 0.5) is 9.52 Å². The summed E-state index contributed by atoms with van der Waals surface area (Å²) >= 11 is 1.36. The summed E-state index contributed by atoms with van der Waals surface area (Å²) in [7, 11) is 1.71. The number of thiazole rings is 1. The van der Waals surface area contributed by atoms with Crippen molar-refractivity contribution < 1.29 is 18.7 Å². The first-order chi connectivity index (χ1) is 13.6. The molecule has 2 saturated heterocycles. The molecular formula is C20H24FN3O3S. The Bertz CT molecular complexity index is 820. The summed E-state index contributed by atoms with van der Waals surface area (Å²) in [5.41, 5.74) is 1.36. The van der Waals surface area contributed by atoms with Crippen molar-refractivity contribution in [1.29, 1.82) is 0 Å². The number of aromatic nitrogens is 1. The number of ether oxygens (including phenoxy) is 2. The summed E-state index contributed by atoms with van der Waals surface area (Å²) in [5, 5.41) is 5.26. The van der Waals surface area contributed by atoms with Crippen molar-refractivity contribution in [1.82, 2.24) is 9.88 Å². The summed E-state index contributed by atoms with van der Waals surface area (Å²) in [6.45, 7) is 2.58.